The molecule has 1 N–H and O–H groups in total. The highest BCUT2D eigenvalue weighted by Gasteiger charge is 2.40. The second-order valence-electron chi connectivity index (χ2n) is 7.79. The summed E-state index contributed by atoms with van der Waals surface area (Å²) in [6, 6.07) is 9.59. The van der Waals surface area contributed by atoms with Gasteiger partial charge in [0, 0.05) is 12.3 Å². The molecule has 1 aromatic rings. The van der Waals surface area contributed by atoms with Gasteiger partial charge in [-0.25, -0.2) is 8.93 Å². The lowest BCUT2D eigenvalue weighted by molar-refractivity contribution is -0.162. The molecule has 0 bridgehead atoms. The fourth-order valence-electron chi connectivity index (χ4n) is 3.05. The molecule has 0 aliphatic carbocycles. The van der Waals surface area contributed by atoms with Crippen molar-refractivity contribution >= 4 is 17.0 Å². The van der Waals surface area contributed by atoms with E-state index in [1.54, 1.807) is 0 Å². The molecular weight excluding hydrogens is 322 g/mol. The Morgan fingerprint density at radius 1 is 1.21 bits per heavy atom. The molecule has 1 unspecified atom stereocenters. The van der Waals surface area contributed by atoms with Crippen molar-refractivity contribution in [2.75, 3.05) is 0 Å². The Morgan fingerprint density at radius 3 is 2.38 bits per heavy atom. The molecule has 4 nitrogen and oxygen atoms in total. The van der Waals surface area contributed by atoms with Crippen molar-refractivity contribution in [3.05, 3.63) is 35.9 Å². The molecule has 1 saturated heterocycles. The van der Waals surface area contributed by atoms with Gasteiger partial charge >= 0.3 is 5.97 Å². The summed E-state index contributed by atoms with van der Waals surface area (Å²) in [6.45, 7) is 10.1. The van der Waals surface area contributed by atoms with E-state index in [9.17, 15) is 9.00 Å². The molecule has 1 aromatic carbocycles. The van der Waals surface area contributed by atoms with Crippen LogP contribution in [0, 0.1) is 11.8 Å². The monoisotopic (exact) mass is 351 g/mol. The van der Waals surface area contributed by atoms with Gasteiger partial charge in [0.1, 0.15) is 6.10 Å². The molecular formula is C19H29NO3S. The maximum atomic E-state index is 12.7. The van der Waals surface area contributed by atoms with E-state index in [0.717, 1.165) is 12.0 Å². The predicted molar refractivity (Wildman–Crippen MR) is 97.7 cm³/mol. The van der Waals surface area contributed by atoms with E-state index in [1.165, 1.54) is 0 Å². The van der Waals surface area contributed by atoms with Gasteiger partial charge in [-0.3, -0.25) is 4.79 Å². The van der Waals surface area contributed by atoms with Gasteiger partial charge in [0.15, 0.2) is 0 Å². The number of esters is 1. The third-order valence-corrected chi connectivity index (χ3v) is 6.09. The molecule has 0 aromatic heterocycles. The van der Waals surface area contributed by atoms with Crippen LogP contribution in [0.4, 0.5) is 0 Å². The average molecular weight is 352 g/mol. The van der Waals surface area contributed by atoms with Crippen LogP contribution in [-0.4, -0.2) is 21.0 Å². The van der Waals surface area contributed by atoms with Crippen molar-refractivity contribution in [2.45, 2.75) is 64.4 Å². The number of carbonyl (C=O) groups excluding carboxylic acids is 1. The van der Waals surface area contributed by atoms with Crippen molar-refractivity contribution in [2.24, 2.45) is 11.8 Å². The third-order valence-electron chi connectivity index (χ3n) is 4.51. The Kier molecular flexibility index (Phi) is 6.21. The summed E-state index contributed by atoms with van der Waals surface area (Å²) >= 11 is 0. The fourth-order valence-corrected chi connectivity index (χ4v) is 3.91. The summed E-state index contributed by atoms with van der Waals surface area (Å²) in [5.74, 6) is 0.470. The number of cyclic esters (lactones) is 1. The first kappa shape index (κ1) is 19.1. The van der Waals surface area contributed by atoms with E-state index in [2.05, 4.69) is 18.6 Å². The minimum Gasteiger partial charge on any atom is -0.460 e. The summed E-state index contributed by atoms with van der Waals surface area (Å²) in [5, 5.41) is 0. The summed E-state index contributed by atoms with van der Waals surface area (Å²) in [6.07, 6.45) is 0.970. The second-order valence-corrected chi connectivity index (χ2v) is 9.79. The molecule has 24 heavy (non-hydrogen) atoms. The number of benzene rings is 1. The Morgan fingerprint density at radius 2 is 1.83 bits per heavy atom. The average Bonchev–Trinajstić information content (AvgIpc) is 2.51. The normalized spacial score (nSPS) is 24.5. The van der Waals surface area contributed by atoms with Gasteiger partial charge in [-0.05, 0) is 38.7 Å². The lowest BCUT2D eigenvalue weighted by atomic mass is 9.80. The molecule has 0 amide bonds. The molecule has 0 spiro atoms. The smallest absolute Gasteiger partial charge is 0.306 e. The molecule has 1 fully saturated rings. The highest BCUT2D eigenvalue weighted by Crippen LogP contribution is 2.36. The lowest BCUT2D eigenvalue weighted by Gasteiger charge is -2.39. The number of rotatable bonds is 5. The van der Waals surface area contributed by atoms with E-state index in [0.29, 0.717) is 12.3 Å². The maximum absolute atomic E-state index is 12.7. The fraction of sp³-hybridized carbons (Fsp3) is 0.632. The van der Waals surface area contributed by atoms with Gasteiger partial charge in [-0.2, -0.15) is 0 Å². The van der Waals surface area contributed by atoms with E-state index in [1.807, 2.05) is 51.1 Å². The van der Waals surface area contributed by atoms with Crippen LogP contribution in [0.3, 0.4) is 0 Å². The zero-order chi connectivity index (χ0) is 17.9. The second kappa shape index (κ2) is 7.79. The summed E-state index contributed by atoms with van der Waals surface area (Å²) < 4.78 is 21.3. The van der Waals surface area contributed by atoms with Crippen LogP contribution in [0.25, 0.3) is 0 Å². The van der Waals surface area contributed by atoms with E-state index < -0.39 is 11.0 Å². The molecule has 0 radical (unpaired) electrons. The van der Waals surface area contributed by atoms with Crippen LogP contribution in [0.5, 0.6) is 0 Å². The lowest BCUT2D eigenvalue weighted by Crippen LogP contribution is -2.47. The van der Waals surface area contributed by atoms with Gasteiger partial charge in [-0.1, -0.05) is 44.2 Å². The summed E-state index contributed by atoms with van der Waals surface area (Å²) in [4.78, 5) is 11.9. The largest absolute Gasteiger partial charge is 0.460 e. The van der Waals surface area contributed by atoms with Crippen LogP contribution in [0.2, 0.25) is 0 Å². The molecule has 1 aliphatic heterocycles. The van der Waals surface area contributed by atoms with Crippen molar-refractivity contribution in [3.8, 4) is 0 Å². The molecule has 4 atom stereocenters. The standard InChI is InChI=1S/C19H29NO3S/c1-13(2)15-11-12-16(21)23-18(15)17(14-9-7-6-8-10-14)20-24(22)19(3,4)5/h6-10,13,15,17-18,20H,11-12H2,1-5H3/t15-,17+,18+,24?/m0/s1. The Balaban J connectivity index is 2.36. The number of carbonyl (C=O) groups is 1. The molecule has 1 heterocycles. The van der Waals surface area contributed by atoms with Crippen LogP contribution >= 0.6 is 0 Å². The number of hydrogen-bond donors (Lipinski definition) is 1. The zero-order valence-corrected chi connectivity index (χ0v) is 16.1. The van der Waals surface area contributed by atoms with Gasteiger partial charge in [0.25, 0.3) is 0 Å². The van der Waals surface area contributed by atoms with E-state index in [4.69, 9.17) is 4.74 Å². The van der Waals surface area contributed by atoms with Crippen molar-refractivity contribution in [1.29, 1.82) is 0 Å². The predicted octanol–water partition coefficient (Wildman–Crippen LogP) is 3.76. The highest BCUT2D eigenvalue weighted by molar-refractivity contribution is 7.84. The third kappa shape index (κ3) is 4.67. The first-order valence-electron chi connectivity index (χ1n) is 8.62. The van der Waals surface area contributed by atoms with Crippen LogP contribution in [0.1, 0.15) is 59.1 Å². The van der Waals surface area contributed by atoms with Gasteiger partial charge in [-0.15, -0.1) is 0 Å². The van der Waals surface area contributed by atoms with Gasteiger partial charge in [0.2, 0.25) is 0 Å². The van der Waals surface area contributed by atoms with Crippen molar-refractivity contribution < 1.29 is 13.7 Å². The van der Waals surface area contributed by atoms with Crippen molar-refractivity contribution in [3.63, 3.8) is 0 Å². The molecule has 2 rings (SSSR count). The van der Waals surface area contributed by atoms with Crippen LogP contribution < -0.4 is 4.72 Å². The van der Waals surface area contributed by atoms with Crippen molar-refractivity contribution in [1.82, 2.24) is 4.72 Å². The number of ether oxygens (including phenoxy) is 1. The minimum atomic E-state index is -1.25. The van der Waals surface area contributed by atoms with Gasteiger partial charge < -0.3 is 4.74 Å². The van der Waals surface area contributed by atoms with E-state index in [-0.39, 0.29) is 28.8 Å². The topological polar surface area (TPSA) is 55.4 Å². The summed E-state index contributed by atoms with van der Waals surface area (Å²) in [7, 11) is -1.25. The summed E-state index contributed by atoms with van der Waals surface area (Å²) in [5.41, 5.74) is 1.00. The van der Waals surface area contributed by atoms with Crippen LogP contribution in [-0.2, 0) is 20.5 Å². The molecule has 134 valence electrons. The molecule has 0 saturated carbocycles. The first-order chi connectivity index (χ1) is 11.2. The maximum Gasteiger partial charge on any atom is 0.306 e. The Bertz CT molecular complexity index is 580. The Labute approximate surface area is 148 Å². The van der Waals surface area contributed by atoms with Crippen LogP contribution in [0.15, 0.2) is 30.3 Å². The van der Waals surface area contributed by atoms with Gasteiger partial charge in [0.05, 0.1) is 21.8 Å². The Hall–Kier alpha value is -1.20. The number of hydrogen-bond acceptors (Lipinski definition) is 3. The number of nitrogens with one attached hydrogen (secondary N) is 1. The minimum absolute atomic E-state index is 0.166. The SMILES string of the molecule is CC(C)[C@@H]1CCC(=O)O[C@H]1[C@H](NS(=O)C(C)(C)C)c1ccccc1. The highest BCUT2D eigenvalue weighted by atomic mass is 32.2. The molecule has 5 heteroatoms. The van der Waals surface area contributed by atoms with E-state index >= 15 is 0 Å². The zero-order valence-electron chi connectivity index (χ0n) is 15.2. The first-order valence-corrected chi connectivity index (χ1v) is 9.77. The molecule has 1 aliphatic rings. The quantitative estimate of drug-likeness (QED) is 0.822.